The number of aliphatic carboxylic acids is 2. The molecule has 5 N–H and O–H groups in total. The Labute approximate surface area is 281 Å². The molecule has 3 heterocycles. The first-order valence-electron chi connectivity index (χ1n) is 16.9. The summed E-state index contributed by atoms with van der Waals surface area (Å²) in [6, 6.07) is 15.8. The summed E-state index contributed by atoms with van der Waals surface area (Å²) in [5.74, 6) is 0.0562. The summed E-state index contributed by atoms with van der Waals surface area (Å²) in [6.07, 6.45) is 10.7. The van der Waals surface area contributed by atoms with Gasteiger partial charge in [-0.05, 0) is 92.2 Å². The van der Waals surface area contributed by atoms with Gasteiger partial charge in [0, 0.05) is 49.6 Å². The Hall–Kier alpha value is -4.03. The quantitative estimate of drug-likeness (QED) is 0.261. The number of hydrogen-bond donors (Lipinski definition) is 5. The van der Waals surface area contributed by atoms with E-state index in [1.165, 1.54) is 24.0 Å². The topological polar surface area (TPSA) is 149 Å². The average molecular weight is 659 g/mol. The molecule has 1 amide bonds. The lowest BCUT2D eigenvalue weighted by molar-refractivity contribution is -0.134. The van der Waals surface area contributed by atoms with Crippen molar-refractivity contribution < 1.29 is 34.1 Å². The minimum Gasteiger partial charge on any atom is -0.497 e. The molecule has 7 rings (SSSR count). The second-order valence-electron chi connectivity index (χ2n) is 13.9. The third-order valence-corrected chi connectivity index (χ3v) is 10.5. The summed E-state index contributed by atoms with van der Waals surface area (Å²) in [5.41, 5.74) is 11.5. The maximum atomic E-state index is 13.1. The first-order valence-corrected chi connectivity index (χ1v) is 16.9. The van der Waals surface area contributed by atoms with Crippen LogP contribution in [0.25, 0.3) is 6.08 Å². The minimum absolute atomic E-state index is 0.182. The molecule has 11 heteroatoms. The molecule has 256 valence electrons. The lowest BCUT2D eigenvalue weighted by atomic mass is 9.73. The van der Waals surface area contributed by atoms with Crippen LogP contribution in [0.3, 0.4) is 0 Å². The minimum atomic E-state index is -1.26. The molecular formula is C37H46N4O7. The molecule has 2 aromatic rings. The monoisotopic (exact) mass is 658 g/mol. The van der Waals surface area contributed by atoms with Crippen LogP contribution in [0, 0.1) is 17.8 Å². The third kappa shape index (κ3) is 7.34. The number of hydrogen-bond acceptors (Lipinski definition) is 8. The largest absolute Gasteiger partial charge is 0.497 e. The zero-order chi connectivity index (χ0) is 34.0. The van der Waals surface area contributed by atoms with Gasteiger partial charge >= 0.3 is 11.9 Å². The van der Waals surface area contributed by atoms with Crippen molar-refractivity contribution in [2.75, 3.05) is 25.5 Å². The van der Waals surface area contributed by atoms with Gasteiger partial charge in [0.25, 0.3) is 0 Å². The third-order valence-electron chi connectivity index (χ3n) is 10.5. The number of carboxylic acids is 2. The van der Waals surface area contributed by atoms with Gasteiger partial charge in [-0.3, -0.25) is 20.5 Å². The highest BCUT2D eigenvalue weighted by atomic mass is 16.5. The molecule has 0 radical (unpaired) electrons. The van der Waals surface area contributed by atoms with Crippen molar-refractivity contribution in [1.82, 2.24) is 15.8 Å². The van der Waals surface area contributed by atoms with Gasteiger partial charge in [0.05, 0.1) is 24.7 Å². The summed E-state index contributed by atoms with van der Waals surface area (Å²) in [4.78, 5) is 34.7. The van der Waals surface area contributed by atoms with Crippen molar-refractivity contribution in [2.45, 2.75) is 75.8 Å². The van der Waals surface area contributed by atoms with Gasteiger partial charge in [-0.25, -0.2) is 9.59 Å². The van der Waals surface area contributed by atoms with Crippen LogP contribution in [0.5, 0.6) is 5.75 Å². The molecule has 8 atom stereocenters. The van der Waals surface area contributed by atoms with Crippen LogP contribution >= 0.6 is 0 Å². The summed E-state index contributed by atoms with van der Waals surface area (Å²) in [5, 5.41) is 18.8. The van der Waals surface area contributed by atoms with E-state index in [4.69, 9.17) is 19.7 Å². The van der Waals surface area contributed by atoms with E-state index in [2.05, 4.69) is 77.4 Å². The van der Waals surface area contributed by atoms with Crippen LogP contribution in [0.1, 0.15) is 56.2 Å². The van der Waals surface area contributed by atoms with Gasteiger partial charge in [0.2, 0.25) is 5.91 Å². The van der Waals surface area contributed by atoms with E-state index < -0.39 is 11.9 Å². The van der Waals surface area contributed by atoms with E-state index in [9.17, 15) is 14.4 Å². The molecule has 1 spiro atoms. The predicted octanol–water partition coefficient (Wildman–Crippen LogP) is 4.20. The molecule has 5 aliphatic rings. The normalized spacial score (nSPS) is 32.4. The SMILES string of the molecule is COc1ccc2c(c1)[C@]1(C[C@H]1C1CCC3C(/C=C/c4ccc(CN5C[C@@H](C)O[C@@H](C)C5)cc4)NNC3C1)C(=O)N2.O=C(O)/C=C/C(=O)O. The number of ether oxygens (including phenoxy) is 2. The number of carbonyl (C=O) groups excluding carboxylic acids is 1. The summed E-state index contributed by atoms with van der Waals surface area (Å²) in [6.45, 7) is 7.28. The number of nitrogens with zero attached hydrogens (tertiary/aromatic N) is 1. The number of amides is 1. The van der Waals surface area contributed by atoms with Crippen LogP contribution in [0.2, 0.25) is 0 Å². The fraction of sp³-hybridized carbons (Fsp3) is 0.486. The number of morpholine rings is 1. The standard InChI is InChI=1S/C33H42N4O3.C4H4O4/c1-20-17-37(18-21(2)40-20)19-23-6-4-22(5-7-23)8-12-29-26-11-9-24(14-31(26)36-35-29)28-16-33(28)27-15-25(39-3)10-13-30(27)34-32(33)38;5-3(6)1-2-4(7)8/h4-8,10,12-13,15,20-21,24,26,28-29,31,35-36H,9,11,14,16-19H2,1-3H3,(H,34,38);1-2H,(H,5,6)(H,7,8)/b12-8+;2-1+/t20-,21+,24?,26?,28-,29?,31?,33-;/m0./s1. The van der Waals surface area contributed by atoms with Gasteiger partial charge in [-0.2, -0.15) is 0 Å². The summed E-state index contributed by atoms with van der Waals surface area (Å²) < 4.78 is 11.4. The Morgan fingerprint density at radius 1 is 1.02 bits per heavy atom. The molecule has 11 nitrogen and oxygen atoms in total. The predicted molar refractivity (Wildman–Crippen MR) is 181 cm³/mol. The van der Waals surface area contributed by atoms with Gasteiger partial charge in [-0.15, -0.1) is 0 Å². The van der Waals surface area contributed by atoms with Crippen molar-refractivity contribution in [3.05, 3.63) is 77.4 Å². The second kappa shape index (κ2) is 14.2. The van der Waals surface area contributed by atoms with E-state index in [1.807, 2.05) is 12.1 Å². The van der Waals surface area contributed by atoms with E-state index in [0.29, 0.717) is 54.2 Å². The lowest BCUT2D eigenvalue weighted by Gasteiger charge is -2.35. The Kier molecular flexibility index (Phi) is 10.0. The average Bonchev–Trinajstić information content (AvgIpc) is 3.59. The maximum absolute atomic E-state index is 13.1. The number of nitrogens with one attached hydrogen (secondary N) is 3. The first kappa shape index (κ1) is 33.9. The van der Waals surface area contributed by atoms with Crippen molar-refractivity contribution in [1.29, 1.82) is 0 Å². The van der Waals surface area contributed by atoms with E-state index in [1.54, 1.807) is 7.11 Å². The summed E-state index contributed by atoms with van der Waals surface area (Å²) >= 11 is 0. The van der Waals surface area contributed by atoms with Crippen molar-refractivity contribution in [2.24, 2.45) is 17.8 Å². The van der Waals surface area contributed by atoms with Crippen molar-refractivity contribution in [3.8, 4) is 5.75 Å². The van der Waals surface area contributed by atoms with Crippen LogP contribution in [-0.4, -0.2) is 77.4 Å². The number of carbonyl (C=O) groups is 3. The van der Waals surface area contributed by atoms with E-state index in [0.717, 1.165) is 49.5 Å². The number of rotatable bonds is 8. The molecular weight excluding hydrogens is 612 g/mol. The fourth-order valence-electron chi connectivity index (χ4n) is 8.36. The highest BCUT2D eigenvalue weighted by molar-refractivity contribution is 6.09. The molecule has 2 saturated heterocycles. The molecule has 48 heavy (non-hydrogen) atoms. The molecule has 0 bridgehead atoms. The zero-order valence-corrected chi connectivity index (χ0v) is 27.7. The maximum Gasteiger partial charge on any atom is 0.328 e. The molecule has 3 aliphatic heterocycles. The Morgan fingerprint density at radius 3 is 2.40 bits per heavy atom. The van der Waals surface area contributed by atoms with E-state index >= 15 is 0 Å². The van der Waals surface area contributed by atoms with Gasteiger partial charge < -0.3 is 25.0 Å². The number of hydrazine groups is 1. The molecule has 2 saturated carbocycles. The van der Waals surface area contributed by atoms with Gasteiger partial charge in [0.15, 0.2) is 0 Å². The van der Waals surface area contributed by atoms with Crippen LogP contribution < -0.4 is 20.9 Å². The Bertz CT molecular complexity index is 1550. The molecule has 4 unspecified atom stereocenters. The number of fused-ring (bicyclic) bond motifs is 3. The zero-order valence-electron chi connectivity index (χ0n) is 27.7. The molecule has 0 aromatic heterocycles. The highest BCUT2D eigenvalue weighted by Gasteiger charge is 2.67. The van der Waals surface area contributed by atoms with Crippen molar-refractivity contribution in [3.63, 3.8) is 0 Å². The van der Waals surface area contributed by atoms with Crippen LogP contribution in [0.15, 0.2) is 60.7 Å². The van der Waals surface area contributed by atoms with Gasteiger partial charge in [0.1, 0.15) is 5.75 Å². The fourth-order valence-corrected chi connectivity index (χ4v) is 8.36. The molecule has 2 aromatic carbocycles. The molecule has 4 fully saturated rings. The molecule has 2 aliphatic carbocycles. The smallest absolute Gasteiger partial charge is 0.328 e. The number of benzene rings is 2. The summed E-state index contributed by atoms with van der Waals surface area (Å²) in [7, 11) is 1.69. The lowest BCUT2D eigenvalue weighted by Crippen LogP contribution is -2.44. The number of anilines is 1. The second-order valence-corrected chi connectivity index (χ2v) is 13.9. The van der Waals surface area contributed by atoms with Crippen LogP contribution in [-0.2, 0) is 31.1 Å². The van der Waals surface area contributed by atoms with Crippen LogP contribution in [0.4, 0.5) is 5.69 Å². The first-order chi connectivity index (χ1) is 23.0. The van der Waals surface area contributed by atoms with Crippen molar-refractivity contribution >= 4 is 29.6 Å². The Balaban J connectivity index is 0.000000449. The number of carboxylic acid groups (broad SMARTS) is 2. The van der Waals surface area contributed by atoms with E-state index in [-0.39, 0.29) is 11.3 Å². The van der Waals surface area contributed by atoms with Gasteiger partial charge in [-0.1, -0.05) is 36.4 Å². The number of methoxy groups -OCH3 is 1. The Morgan fingerprint density at radius 2 is 1.73 bits per heavy atom. The highest BCUT2D eigenvalue weighted by Crippen LogP contribution is 2.65.